The molecule has 1 rings (SSSR count). The minimum atomic E-state index is -4.45. The predicted molar refractivity (Wildman–Crippen MR) is 55.2 cm³/mol. The second-order valence-corrected chi connectivity index (χ2v) is 3.41. The molecule has 0 aliphatic carbocycles. The summed E-state index contributed by atoms with van der Waals surface area (Å²) in [6.07, 6.45) is -3.72. The molecule has 0 amide bonds. The van der Waals surface area contributed by atoms with Crippen LogP contribution in [0.1, 0.15) is 24.9 Å². The van der Waals surface area contributed by atoms with Crippen LogP contribution in [0.25, 0.3) is 0 Å². The Morgan fingerprint density at radius 2 is 1.94 bits per heavy atom. The topological polar surface area (TPSA) is 35.2 Å². The third-order valence-electron chi connectivity index (χ3n) is 2.07. The third kappa shape index (κ3) is 3.13. The minimum Gasteiger partial charge on any atom is -0.493 e. The molecule has 2 nitrogen and oxygen atoms in total. The summed E-state index contributed by atoms with van der Waals surface area (Å²) < 4.78 is 42.6. The van der Waals surface area contributed by atoms with Crippen molar-refractivity contribution in [3.63, 3.8) is 0 Å². The summed E-state index contributed by atoms with van der Waals surface area (Å²) in [7, 11) is 0. The molecule has 2 N–H and O–H groups in total. The van der Waals surface area contributed by atoms with Gasteiger partial charge in [-0.1, -0.05) is 25.1 Å². The van der Waals surface area contributed by atoms with Gasteiger partial charge >= 0.3 is 6.18 Å². The van der Waals surface area contributed by atoms with Crippen molar-refractivity contribution >= 4 is 0 Å². The molecule has 5 heteroatoms. The van der Waals surface area contributed by atoms with Gasteiger partial charge in [0.1, 0.15) is 11.8 Å². The molecule has 16 heavy (non-hydrogen) atoms. The molecule has 90 valence electrons. The number of alkyl halides is 3. The zero-order valence-corrected chi connectivity index (χ0v) is 8.92. The van der Waals surface area contributed by atoms with E-state index in [2.05, 4.69) is 0 Å². The first-order chi connectivity index (χ1) is 7.46. The number of benzene rings is 1. The van der Waals surface area contributed by atoms with Crippen molar-refractivity contribution in [2.75, 3.05) is 6.61 Å². The standard InChI is InChI=1S/C11H14F3NO/c1-2-7-16-9-6-4-3-5-8(9)10(15)11(12,13)14/h3-6,10H,2,7,15H2,1H3/t10-/m1/s1. The first-order valence-electron chi connectivity index (χ1n) is 5.00. The molecule has 0 bridgehead atoms. The Labute approximate surface area is 92.2 Å². The van der Waals surface area contributed by atoms with Crippen LogP contribution < -0.4 is 10.5 Å². The maximum absolute atomic E-state index is 12.5. The molecule has 0 saturated heterocycles. The lowest BCUT2D eigenvalue weighted by atomic mass is 10.1. The van der Waals surface area contributed by atoms with Gasteiger partial charge in [-0.3, -0.25) is 0 Å². The zero-order chi connectivity index (χ0) is 12.2. The second kappa shape index (κ2) is 5.21. The average Bonchev–Trinajstić information content (AvgIpc) is 2.24. The van der Waals surface area contributed by atoms with Gasteiger partial charge < -0.3 is 10.5 Å². The van der Waals surface area contributed by atoms with Gasteiger partial charge in [0, 0.05) is 5.56 Å². The third-order valence-corrected chi connectivity index (χ3v) is 2.07. The first kappa shape index (κ1) is 12.8. The molecule has 1 atom stereocenters. The maximum Gasteiger partial charge on any atom is 0.407 e. The lowest BCUT2D eigenvalue weighted by Crippen LogP contribution is -2.28. The number of rotatable bonds is 4. The average molecular weight is 233 g/mol. The molecule has 0 fully saturated rings. The van der Waals surface area contributed by atoms with E-state index < -0.39 is 12.2 Å². The Bertz CT molecular complexity index is 338. The molecule has 0 aliphatic heterocycles. The summed E-state index contributed by atoms with van der Waals surface area (Å²) in [5.74, 6) is 0.203. The summed E-state index contributed by atoms with van der Waals surface area (Å²) in [5, 5.41) is 0. The van der Waals surface area contributed by atoms with Crippen LogP contribution in [-0.2, 0) is 0 Å². The van der Waals surface area contributed by atoms with Crippen LogP contribution in [0.3, 0.4) is 0 Å². The number of halogens is 3. The van der Waals surface area contributed by atoms with E-state index in [-0.39, 0.29) is 11.3 Å². The molecule has 1 aromatic rings. The largest absolute Gasteiger partial charge is 0.493 e. The Morgan fingerprint density at radius 1 is 1.31 bits per heavy atom. The highest BCUT2D eigenvalue weighted by atomic mass is 19.4. The van der Waals surface area contributed by atoms with Crippen molar-refractivity contribution in [2.45, 2.75) is 25.6 Å². The van der Waals surface area contributed by atoms with Crippen LogP contribution in [0.4, 0.5) is 13.2 Å². The van der Waals surface area contributed by atoms with Gasteiger partial charge in [0.15, 0.2) is 0 Å². The van der Waals surface area contributed by atoms with Gasteiger partial charge in [-0.05, 0) is 12.5 Å². The van der Waals surface area contributed by atoms with Crippen LogP contribution in [0.5, 0.6) is 5.75 Å². The lowest BCUT2D eigenvalue weighted by Gasteiger charge is -2.19. The smallest absolute Gasteiger partial charge is 0.407 e. The minimum absolute atomic E-state index is 0.0246. The molecule has 0 aliphatic rings. The molecular weight excluding hydrogens is 219 g/mol. The van der Waals surface area contributed by atoms with Crippen molar-refractivity contribution in [1.29, 1.82) is 0 Å². The number of ether oxygens (including phenoxy) is 1. The van der Waals surface area contributed by atoms with Crippen molar-refractivity contribution in [1.82, 2.24) is 0 Å². The predicted octanol–water partition coefficient (Wildman–Crippen LogP) is 3.04. The van der Waals surface area contributed by atoms with E-state index in [4.69, 9.17) is 10.5 Å². The number of hydrogen-bond acceptors (Lipinski definition) is 2. The summed E-state index contributed by atoms with van der Waals surface area (Å²) in [6.45, 7) is 2.26. The van der Waals surface area contributed by atoms with Gasteiger partial charge in [0.2, 0.25) is 0 Å². The summed E-state index contributed by atoms with van der Waals surface area (Å²) in [5.41, 5.74) is 5.12. The highest BCUT2D eigenvalue weighted by molar-refractivity contribution is 5.36. The molecule has 0 heterocycles. The Hall–Kier alpha value is -1.23. The molecule has 1 aromatic carbocycles. The van der Waals surface area contributed by atoms with Crippen molar-refractivity contribution in [3.8, 4) is 5.75 Å². The summed E-state index contributed by atoms with van der Waals surface area (Å²) in [4.78, 5) is 0. The zero-order valence-electron chi connectivity index (χ0n) is 8.92. The van der Waals surface area contributed by atoms with Crippen LogP contribution >= 0.6 is 0 Å². The molecular formula is C11H14F3NO. The van der Waals surface area contributed by atoms with Crippen molar-refractivity contribution in [3.05, 3.63) is 29.8 Å². The quantitative estimate of drug-likeness (QED) is 0.867. The Balaban J connectivity index is 2.94. The first-order valence-corrected chi connectivity index (χ1v) is 5.00. The second-order valence-electron chi connectivity index (χ2n) is 3.41. The van der Waals surface area contributed by atoms with E-state index >= 15 is 0 Å². The van der Waals surface area contributed by atoms with E-state index in [0.717, 1.165) is 6.42 Å². The van der Waals surface area contributed by atoms with E-state index in [1.165, 1.54) is 18.2 Å². The van der Waals surface area contributed by atoms with Crippen molar-refractivity contribution < 1.29 is 17.9 Å². The maximum atomic E-state index is 12.5. The van der Waals surface area contributed by atoms with Crippen LogP contribution in [0.2, 0.25) is 0 Å². The highest BCUT2D eigenvalue weighted by Crippen LogP contribution is 2.35. The van der Waals surface area contributed by atoms with E-state index in [1.807, 2.05) is 6.92 Å². The Morgan fingerprint density at radius 3 is 2.50 bits per heavy atom. The van der Waals surface area contributed by atoms with Gasteiger partial charge in [0.05, 0.1) is 6.61 Å². The summed E-state index contributed by atoms with van der Waals surface area (Å²) >= 11 is 0. The fraction of sp³-hybridized carbons (Fsp3) is 0.455. The fourth-order valence-corrected chi connectivity index (χ4v) is 1.26. The molecule has 0 saturated carbocycles. The number of nitrogens with two attached hydrogens (primary N) is 1. The number of para-hydroxylation sites is 1. The Kier molecular flexibility index (Phi) is 4.18. The normalized spacial score (nSPS) is 13.6. The molecule has 0 spiro atoms. The van der Waals surface area contributed by atoms with E-state index in [0.29, 0.717) is 6.61 Å². The summed E-state index contributed by atoms with van der Waals surface area (Å²) in [6, 6.07) is 3.97. The highest BCUT2D eigenvalue weighted by Gasteiger charge is 2.39. The fourth-order valence-electron chi connectivity index (χ4n) is 1.26. The van der Waals surface area contributed by atoms with Gasteiger partial charge in [-0.15, -0.1) is 0 Å². The van der Waals surface area contributed by atoms with Gasteiger partial charge in [-0.25, -0.2) is 0 Å². The van der Waals surface area contributed by atoms with Crippen LogP contribution in [-0.4, -0.2) is 12.8 Å². The van der Waals surface area contributed by atoms with Crippen molar-refractivity contribution in [2.24, 2.45) is 5.73 Å². The molecule has 0 aromatic heterocycles. The number of hydrogen-bond donors (Lipinski definition) is 1. The lowest BCUT2D eigenvalue weighted by molar-refractivity contribution is -0.149. The van der Waals surface area contributed by atoms with Gasteiger partial charge in [0.25, 0.3) is 0 Å². The van der Waals surface area contributed by atoms with Gasteiger partial charge in [-0.2, -0.15) is 13.2 Å². The molecule has 0 radical (unpaired) electrons. The van der Waals surface area contributed by atoms with Crippen LogP contribution in [0.15, 0.2) is 24.3 Å². The van der Waals surface area contributed by atoms with Crippen LogP contribution in [0, 0.1) is 0 Å². The van der Waals surface area contributed by atoms with E-state index in [1.54, 1.807) is 6.07 Å². The monoisotopic (exact) mass is 233 g/mol. The van der Waals surface area contributed by atoms with E-state index in [9.17, 15) is 13.2 Å². The molecule has 0 unspecified atom stereocenters. The SMILES string of the molecule is CCCOc1ccccc1[C@@H](N)C(F)(F)F.